The van der Waals surface area contributed by atoms with Crippen molar-refractivity contribution < 1.29 is 0 Å². The molecule has 1 nitrogen and oxygen atoms in total. The second-order valence-electron chi connectivity index (χ2n) is 6.27. The van der Waals surface area contributed by atoms with Gasteiger partial charge in [0.15, 0.2) is 0 Å². The van der Waals surface area contributed by atoms with Crippen molar-refractivity contribution in [3.63, 3.8) is 0 Å². The molecule has 0 saturated carbocycles. The van der Waals surface area contributed by atoms with Gasteiger partial charge in [-0.3, -0.25) is 0 Å². The van der Waals surface area contributed by atoms with Crippen LogP contribution in [0.25, 0.3) is 0 Å². The Morgan fingerprint density at radius 1 is 1.16 bits per heavy atom. The minimum atomic E-state index is 0.250. The van der Waals surface area contributed by atoms with Gasteiger partial charge in [-0.1, -0.05) is 46.2 Å². The second kappa shape index (κ2) is 7.96. The molecular weight excluding hydrogens is 250 g/mol. The van der Waals surface area contributed by atoms with Crippen LogP contribution in [-0.4, -0.2) is 18.3 Å². The summed E-state index contributed by atoms with van der Waals surface area (Å²) in [5.74, 6) is 1.14. The number of rotatable bonds is 7. The summed E-state index contributed by atoms with van der Waals surface area (Å²) in [6.45, 7) is 12.4. The molecule has 0 aliphatic heterocycles. The summed E-state index contributed by atoms with van der Waals surface area (Å²) in [7, 11) is 0. The number of hydrogen-bond acceptors (Lipinski definition) is 2. The molecule has 0 bridgehead atoms. The Hall–Kier alpha value is -0.470. The molecule has 0 aliphatic carbocycles. The van der Waals surface area contributed by atoms with Crippen molar-refractivity contribution in [1.82, 2.24) is 5.32 Å². The average molecular weight is 279 g/mol. The van der Waals surface area contributed by atoms with E-state index in [4.69, 9.17) is 0 Å². The largest absolute Gasteiger partial charge is 0.313 e. The highest BCUT2D eigenvalue weighted by molar-refractivity contribution is 7.99. The van der Waals surface area contributed by atoms with Crippen LogP contribution in [-0.2, 0) is 5.41 Å². The van der Waals surface area contributed by atoms with Crippen LogP contribution in [0.5, 0.6) is 0 Å². The first-order chi connectivity index (χ1) is 8.93. The molecule has 1 N–H and O–H groups in total. The number of nitrogens with one attached hydrogen (secondary N) is 1. The molecule has 0 radical (unpaired) electrons. The van der Waals surface area contributed by atoms with Crippen LogP contribution in [0.1, 0.15) is 53.0 Å². The Labute approximate surface area is 123 Å². The molecule has 0 fully saturated rings. The molecular formula is C17H29NS. The molecule has 0 saturated heterocycles. The lowest BCUT2D eigenvalue weighted by molar-refractivity contribution is 0.526. The lowest BCUT2D eigenvalue weighted by Gasteiger charge is -2.19. The van der Waals surface area contributed by atoms with E-state index < -0.39 is 0 Å². The van der Waals surface area contributed by atoms with Gasteiger partial charge in [0.2, 0.25) is 0 Å². The highest BCUT2D eigenvalue weighted by atomic mass is 32.2. The first-order valence-electron chi connectivity index (χ1n) is 7.40. The van der Waals surface area contributed by atoms with Crippen molar-refractivity contribution in [2.75, 3.05) is 12.3 Å². The van der Waals surface area contributed by atoms with Crippen molar-refractivity contribution in [3.05, 3.63) is 29.8 Å². The van der Waals surface area contributed by atoms with E-state index in [0.29, 0.717) is 6.04 Å². The van der Waals surface area contributed by atoms with Gasteiger partial charge >= 0.3 is 0 Å². The molecule has 0 aliphatic rings. The quantitative estimate of drug-likeness (QED) is 0.565. The predicted octanol–water partition coefficient (Wildman–Crippen LogP) is 4.85. The van der Waals surface area contributed by atoms with Crippen LogP contribution in [0.3, 0.4) is 0 Å². The molecule has 0 amide bonds. The minimum absolute atomic E-state index is 0.250. The Kier molecular flexibility index (Phi) is 6.95. The SMILES string of the molecule is CCCC(C)NCCSc1ccc(C(C)(C)C)cc1. The molecule has 2 heteroatoms. The monoisotopic (exact) mass is 279 g/mol. The molecule has 1 aromatic rings. The number of benzene rings is 1. The summed E-state index contributed by atoms with van der Waals surface area (Å²) < 4.78 is 0. The summed E-state index contributed by atoms with van der Waals surface area (Å²) >= 11 is 1.94. The fraction of sp³-hybridized carbons (Fsp3) is 0.647. The van der Waals surface area contributed by atoms with Gasteiger partial charge in [0, 0.05) is 23.2 Å². The highest BCUT2D eigenvalue weighted by Crippen LogP contribution is 2.25. The van der Waals surface area contributed by atoms with Gasteiger partial charge in [0.05, 0.1) is 0 Å². The third kappa shape index (κ3) is 6.49. The van der Waals surface area contributed by atoms with Gasteiger partial charge in [-0.15, -0.1) is 11.8 Å². The van der Waals surface area contributed by atoms with Gasteiger partial charge in [-0.2, -0.15) is 0 Å². The third-order valence-corrected chi connectivity index (χ3v) is 4.32. The average Bonchev–Trinajstić information content (AvgIpc) is 2.34. The van der Waals surface area contributed by atoms with Gasteiger partial charge < -0.3 is 5.32 Å². The number of thioether (sulfide) groups is 1. The fourth-order valence-corrected chi connectivity index (χ4v) is 2.84. The van der Waals surface area contributed by atoms with E-state index >= 15 is 0 Å². The zero-order valence-corrected chi connectivity index (χ0v) is 13.9. The van der Waals surface area contributed by atoms with Crippen LogP contribution < -0.4 is 5.32 Å². The molecule has 0 spiro atoms. The fourth-order valence-electron chi connectivity index (χ4n) is 2.06. The maximum atomic E-state index is 3.57. The van der Waals surface area contributed by atoms with Gasteiger partial charge in [0.1, 0.15) is 0 Å². The summed E-state index contributed by atoms with van der Waals surface area (Å²) in [5.41, 5.74) is 1.66. The highest BCUT2D eigenvalue weighted by Gasteiger charge is 2.12. The Morgan fingerprint density at radius 3 is 2.32 bits per heavy atom. The maximum Gasteiger partial charge on any atom is 0.0106 e. The van der Waals surface area contributed by atoms with Crippen LogP contribution in [0, 0.1) is 0 Å². The molecule has 1 atom stereocenters. The third-order valence-electron chi connectivity index (χ3n) is 3.31. The summed E-state index contributed by atoms with van der Waals surface area (Å²) in [4.78, 5) is 1.37. The molecule has 1 unspecified atom stereocenters. The van der Waals surface area contributed by atoms with Gasteiger partial charge in [0.25, 0.3) is 0 Å². The molecule has 0 heterocycles. The van der Waals surface area contributed by atoms with Crippen LogP contribution in [0.2, 0.25) is 0 Å². The molecule has 0 aromatic heterocycles. The summed E-state index contributed by atoms with van der Waals surface area (Å²) in [5, 5.41) is 3.57. The standard InChI is InChI=1S/C17H29NS/c1-6-7-14(2)18-12-13-19-16-10-8-15(9-11-16)17(3,4)5/h8-11,14,18H,6-7,12-13H2,1-5H3. The van der Waals surface area contributed by atoms with E-state index in [1.54, 1.807) is 0 Å². The lowest BCUT2D eigenvalue weighted by atomic mass is 9.87. The van der Waals surface area contributed by atoms with Crippen LogP contribution >= 0.6 is 11.8 Å². The second-order valence-corrected chi connectivity index (χ2v) is 7.44. The first-order valence-corrected chi connectivity index (χ1v) is 8.38. The lowest BCUT2D eigenvalue weighted by Crippen LogP contribution is -2.27. The molecule has 108 valence electrons. The van der Waals surface area contributed by atoms with Crippen molar-refractivity contribution in [2.24, 2.45) is 0 Å². The Morgan fingerprint density at radius 2 is 1.79 bits per heavy atom. The van der Waals surface area contributed by atoms with Crippen LogP contribution in [0.4, 0.5) is 0 Å². The van der Waals surface area contributed by atoms with Crippen molar-refractivity contribution in [3.8, 4) is 0 Å². The predicted molar refractivity (Wildman–Crippen MR) is 88.2 cm³/mol. The van der Waals surface area contributed by atoms with Gasteiger partial charge in [-0.25, -0.2) is 0 Å². The maximum absolute atomic E-state index is 3.57. The van der Waals surface area contributed by atoms with E-state index in [-0.39, 0.29) is 5.41 Å². The van der Waals surface area contributed by atoms with E-state index in [2.05, 4.69) is 64.2 Å². The number of hydrogen-bond donors (Lipinski definition) is 1. The normalized spacial score (nSPS) is 13.5. The molecule has 19 heavy (non-hydrogen) atoms. The molecule has 1 aromatic carbocycles. The van der Waals surface area contributed by atoms with E-state index in [1.807, 2.05) is 11.8 Å². The van der Waals surface area contributed by atoms with Crippen molar-refractivity contribution >= 4 is 11.8 Å². The van der Waals surface area contributed by atoms with E-state index in [9.17, 15) is 0 Å². The molecule has 1 rings (SSSR count). The topological polar surface area (TPSA) is 12.0 Å². The minimum Gasteiger partial charge on any atom is -0.313 e. The zero-order chi connectivity index (χ0) is 14.3. The van der Waals surface area contributed by atoms with Crippen molar-refractivity contribution in [2.45, 2.75) is 63.8 Å². The smallest absolute Gasteiger partial charge is 0.0106 e. The Bertz CT molecular complexity index is 351. The van der Waals surface area contributed by atoms with Crippen LogP contribution in [0.15, 0.2) is 29.2 Å². The van der Waals surface area contributed by atoms with E-state index in [1.165, 1.54) is 23.3 Å². The van der Waals surface area contributed by atoms with E-state index in [0.717, 1.165) is 12.3 Å². The summed E-state index contributed by atoms with van der Waals surface area (Å²) in [6.07, 6.45) is 2.53. The van der Waals surface area contributed by atoms with Crippen molar-refractivity contribution in [1.29, 1.82) is 0 Å². The zero-order valence-electron chi connectivity index (χ0n) is 13.1. The first kappa shape index (κ1) is 16.6. The summed E-state index contributed by atoms with van der Waals surface area (Å²) in [6, 6.07) is 9.67. The van der Waals surface area contributed by atoms with Gasteiger partial charge in [-0.05, 0) is 36.5 Å². The Balaban J connectivity index is 2.31.